The van der Waals surface area contributed by atoms with Gasteiger partial charge in [-0.2, -0.15) is 0 Å². The number of carbonyl (C=O) groups excluding carboxylic acids is 2. The van der Waals surface area contributed by atoms with Crippen LogP contribution in [0.3, 0.4) is 0 Å². The van der Waals surface area contributed by atoms with Crippen molar-refractivity contribution in [2.24, 2.45) is 0 Å². The molecule has 3 aromatic carbocycles. The predicted molar refractivity (Wildman–Crippen MR) is 129 cm³/mol. The van der Waals surface area contributed by atoms with Gasteiger partial charge in [-0.3, -0.25) is 0 Å². The number of hydrogen-bond acceptors (Lipinski definition) is 5. The van der Waals surface area contributed by atoms with E-state index < -0.39 is 12.1 Å². The van der Waals surface area contributed by atoms with Crippen LogP contribution in [0.25, 0.3) is 17.2 Å². The second-order valence-electron chi connectivity index (χ2n) is 7.74. The highest BCUT2D eigenvalue weighted by atomic mass is 16.5. The molecule has 1 aliphatic carbocycles. The molecule has 0 atom stereocenters. The van der Waals surface area contributed by atoms with E-state index in [1.165, 1.54) is 29.4 Å². The molecule has 3 aromatic rings. The van der Waals surface area contributed by atoms with Gasteiger partial charge < -0.3 is 20.5 Å². The van der Waals surface area contributed by atoms with Gasteiger partial charge >= 0.3 is 12.1 Å². The van der Waals surface area contributed by atoms with Crippen LogP contribution in [0.4, 0.5) is 10.5 Å². The second-order valence-corrected chi connectivity index (χ2v) is 7.74. The number of anilines is 1. The summed E-state index contributed by atoms with van der Waals surface area (Å²) in [6.07, 6.45) is 3.85. The highest BCUT2D eigenvalue weighted by molar-refractivity contribution is 5.97. The SMILES string of the molecule is COC(=O)c1cccc(C=CCCNC(=O)OCC2c3ccccc3-c3ccccc32)c1N. The first-order valence-corrected chi connectivity index (χ1v) is 10.8. The van der Waals surface area contributed by atoms with Gasteiger partial charge in [-0.1, -0.05) is 72.8 Å². The number of rotatable bonds is 7. The smallest absolute Gasteiger partial charge is 0.407 e. The third-order valence-electron chi connectivity index (χ3n) is 5.77. The molecular weight excluding hydrogens is 416 g/mol. The summed E-state index contributed by atoms with van der Waals surface area (Å²) in [6.45, 7) is 0.705. The third-order valence-corrected chi connectivity index (χ3v) is 5.77. The summed E-state index contributed by atoms with van der Waals surface area (Å²) in [5.41, 5.74) is 12.2. The van der Waals surface area contributed by atoms with Gasteiger partial charge in [0.05, 0.1) is 18.4 Å². The maximum Gasteiger partial charge on any atom is 0.407 e. The maximum atomic E-state index is 12.2. The summed E-state index contributed by atoms with van der Waals surface area (Å²) < 4.78 is 10.3. The lowest BCUT2D eigenvalue weighted by Gasteiger charge is -2.14. The summed E-state index contributed by atoms with van der Waals surface area (Å²) in [5, 5.41) is 2.78. The Morgan fingerprint density at radius 2 is 1.64 bits per heavy atom. The quantitative estimate of drug-likeness (QED) is 0.305. The first-order valence-electron chi connectivity index (χ1n) is 10.8. The zero-order chi connectivity index (χ0) is 23.2. The molecule has 0 heterocycles. The van der Waals surface area contributed by atoms with Gasteiger partial charge in [0.2, 0.25) is 0 Å². The number of esters is 1. The minimum Gasteiger partial charge on any atom is -0.465 e. The first-order chi connectivity index (χ1) is 16.1. The van der Waals surface area contributed by atoms with Crippen LogP contribution in [0.5, 0.6) is 0 Å². The molecule has 1 amide bonds. The van der Waals surface area contributed by atoms with Crippen LogP contribution in [0.15, 0.2) is 72.8 Å². The van der Waals surface area contributed by atoms with Crippen LogP contribution in [-0.4, -0.2) is 32.3 Å². The summed E-state index contributed by atoms with van der Waals surface area (Å²) in [4.78, 5) is 24.0. The zero-order valence-electron chi connectivity index (χ0n) is 18.4. The minimum absolute atomic E-state index is 0.0353. The topological polar surface area (TPSA) is 90.6 Å². The first kappa shape index (κ1) is 22.1. The van der Waals surface area contributed by atoms with Gasteiger partial charge in [0, 0.05) is 12.5 Å². The Morgan fingerprint density at radius 1 is 0.970 bits per heavy atom. The van der Waals surface area contributed by atoms with Crippen molar-refractivity contribution in [3.05, 3.63) is 95.1 Å². The van der Waals surface area contributed by atoms with E-state index in [-0.39, 0.29) is 12.5 Å². The molecule has 0 bridgehead atoms. The van der Waals surface area contributed by atoms with E-state index in [0.717, 1.165) is 5.56 Å². The number of carbonyl (C=O) groups is 2. The fraction of sp³-hybridized carbons (Fsp3) is 0.185. The van der Waals surface area contributed by atoms with Gasteiger partial charge in [0.1, 0.15) is 6.61 Å². The highest BCUT2D eigenvalue weighted by Crippen LogP contribution is 2.44. The lowest BCUT2D eigenvalue weighted by atomic mass is 9.98. The Bertz CT molecular complexity index is 1160. The summed E-state index contributed by atoms with van der Waals surface area (Å²) >= 11 is 0. The minimum atomic E-state index is -0.473. The van der Waals surface area contributed by atoms with Crippen LogP contribution < -0.4 is 11.1 Å². The van der Waals surface area contributed by atoms with Gasteiger partial charge in [0.25, 0.3) is 0 Å². The van der Waals surface area contributed by atoms with Crippen molar-refractivity contribution in [2.75, 3.05) is 26.0 Å². The van der Waals surface area contributed by atoms with Crippen molar-refractivity contribution in [3.8, 4) is 11.1 Å². The van der Waals surface area contributed by atoms with Gasteiger partial charge in [-0.15, -0.1) is 0 Å². The summed E-state index contributed by atoms with van der Waals surface area (Å²) in [7, 11) is 1.32. The fourth-order valence-electron chi connectivity index (χ4n) is 4.13. The van der Waals surface area contributed by atoms with Crippen molar-refractivity contribution >= 4 is 23.8 Å². The Morgan fingerprint density at radius 3 is 2.30 bits per heavy atom. The average molecular weight is 443 g/mol. The van der Waals surface area contributed by atoms with E-state index in [1.807, 2.05) is 42.5 Å². The monoisotopic (exact) mass is 442 g/mol. The lowest BCUT2D eigenvalue weighted by Crippen LogP contribution is -2.26. The zero-order valence-corrected chi connectivity index (χ0v) is 18.4. The highest BCUT2D eigenvalue weighted by Gasteiger charge is 2.28. The van der Waals surface area contributed by atoms with E-state index in [2.05, 4.69) is 29.6 Å². The predicted octanol–water partition coefficient (Wildman–Crippen LogP) is 5.00. The molecule has 0 fully saturated rings. The Labute approximate surface area is 193 Å². The van der Waals surface area contributed by atoms with Crippen LogP contribution >= 0.6 is 0 Å². The van der Waals surface area contributed by atoms with E-state index in [4.69, 9.17) is 15.2 Å². The number of alkyl carbamates (subject to hydrolysis) is 1. The van der Waals surface area contributed by atoms with Crippen molar-refractivity contribution in [3.63, 3.8) is 0 Å². The molecule has 0 aliphatic heterocycles. The number of para-hydroxylation sites is 1. The lowest BCUT2D eigenvalue weighted by molar-refractivity contribution is 0.0602. The molecule has 0 radical (unpaired) electrons. The molecule has 0 saturated carbocycles. The normalized spacial score (nSPS) is 12.3. The second kappa shape index (κ2) is 10.0. The van der Waals surface area contributed by atoms with Crippen LogP contribution in [-0.2, 0) is 9.47 Å². The Hall–Kier alpha value is -4.06. The molecule has 0 unspecified atom stereocenters. The Kier molecular flexibility index (Phi) is 6.74. The molecule has 4 rings (SSSR count). The molecule has 33 heavy (non-hydrogen) atoms. The van der Waals surface area contributed by atoms with Crippen molar-refractivity contribution < 1.29 is 19.1 Å². The van der Waals surface area contributed by atoms with Crippen molar-refractivity contribution in [1.82, 2.24) is 5.32 Å². The number of ether oxygens (including phenoxy) is 2. The molecule has 0 saturated heterocycles. The molecule has 0 spiro atoms. The number of hydrogen-bond donors (Lipinski definition) is 2. The van der Waals surface area contributed by atoms with E-state index in [0.29, 0.717) is 24.2 Å². The standard InChI is InChI=1S/C27H26N2O4/c1-32-26(30)23-15-8-10-18(25(23)28)9-6-7-16-29-27(31)33-17-24-21-13-4-2-11-19(21)20-12-3-5-14-22(20)24/h2-6,8-15,24H,7,16-17,28H2,1H3,(H,29,31). The van der Waals surface area contributed by atoms with Crippen LogP contribution in [0.2, 0.25) is 0 Å². The number of fused-ring (bicyclic) bond motifs is 3. The van der Waals surface area contributed by atoms with Crippen molar-refractivity contribution in [2.45, 2.75) is 12.3 Å². The number of amides is 1. The number of methoxy groups -OCH3 is 1. The molecule has 6 heteroatoms. The summed E-state index contributed by atoms with van der Waals surface area (Å²) in [5.74, 6) is -0.437. The largest absolute Gasteiger partial charge is 0.465 e. The summed E-state index contributed by atoms with van der Waals surface area (Å²) in [6, 6.07) is 21.7. The Balaban J connectivity index is 1.28. The fourth-order valence-corrected chi connectivity index (χ4v) is 4.13. The number of nitrogens with two attached hydrogens (primary N) is 1. The molecular formula is C27H26N2O4. The number of nitrogen functional groups attached to an aromatic ring is 1. The van der Waals surface area contributed by atoms with Crippen LogP contribution in [0, 0.1) is 0 Å². The van der Waals surface area contributed by atoms with Gasteiger partial charge in [-0.05, 0) is 40.3 Å². The van der Waals surface area contributed by atoms with Crippen molar-refractivity contribution in [1.29, 1.82) is 0 Å². The number of benzene rings is 3. The average Bonchev–Trinajstić information content (AvgIpc) is 3.16. The molecule has 1 aliphatic rings. The van der Waals surface area contributed by atoms with E-state index >= 15 is 0 Å². The van der Waals surface area contributed by atoms with E-state index in [9.17, 15) is 9.59 Å². The molecule has 168 valence electrons. The third kappa shape index (κ3) is 4.75. The van der Waals surface area contributed by atoms with Gasteiger partial charge in [0.15, 0.2) is 0 Å². The molecule has 3 N–H and O–H groups in total. The number of nitrogens with one attached hydrogen (secondary N) is 1. The van der Waals surface area contributed by atoms with E-state index in [1.54, 1.807) is 12.1 Å². The van der Waals surface area contributed by atoms with Crippen LogP contribution in [0.1, 0.15) is 39.4 Å². The molecule has 6 nitrogen and oxygen atoms in total. The maximum absolute atomic E-state index is 12.2. The van der Waals surface area contributed by atoms with Gasteiger partial charge in [-0.25, -0.2) is 9.59 Å². The molecule has 0 aromatic heterocycles.